The van der Waals surface area contributed by atoms with E-state index in [1.807, 2.05) is 13.8 Å². The van der Waals surface area contributed by atoms with Crippen molar-refractivity contribution in [3.05, 3.63) is 0 Å². The van der Waals surface area contributed by atoms with Crippen LogP contribution < -0.4 is 0 Å². The molecule has 18 heavy (non-hydrogen) atoms. The first-order valence-electron chi connectivity index (χ1n) is 6.26. The minimum atomic E-state index is -0.954. The molecular weight excluding hydrogens is 236 g/mol. The van der Waals surface area contributed by atoms with Gasteiger partial charge in [0.1, 0.15) is 0 Å². The molecule has 2 aliphatic heterocycles. The Morgan fingerprint density at radius 3 is 2.72 bits per heavy atom. The first-order chi connectivity index (χ1) is 8.39. The molecule has 2 heterocycles. The summed E-state index contributed by atoms with van der Waals surface area (Å²) in [5.74, 6) is -1.08. The molecule has 6 heteroatoms. The predicted molar refractivity (Wildman–Crippen MR) is 63.2 cm³/mol. The number of esters is 1. The topological polar surface area (TPSA) is 69.5 Å². The van der Waals surface area contributed by atoms with Gasteiger partial charge in [-0.3, -0.25) is 0 Å². The number of rotatable bonds is 3. The van der Waals surface area contributed by atoms with E-state index < -0.39 is 11.3 Å². The minimum absolute atomic E-state index is 0.127. The number of carbonyl (C=O) groups is 1. The van der Waals surface area contributed by atoms with Crippen molar-refractivity contribution in [2.24, 2.45) is 16.1 Å². The molecule has 0 aliphatic carbocycles. The minimum Gasteiger partial charge on any atom is -0.464 e. The summed E-state index contributed by atoms with van der Waals surface area (Å²) in [6.07, 6.45) is -0.176. The van der Waals surface area contributed by atoms with Crippen molar-refractivity contribution in [2.75, 3.05) is 19.8 Å². The molecule has 102 valence electrons. The SMILES string of the molecule is CCOC(=O)[C@@]1(C)N=NC[C@@H]1[C@@H]1COC(C)(C)O1. The molecule has 0 saturated carbocycles. The van der Waals surface area contributed by atoms with Crippen LogP contribution in [0, 0.1) is 5.92 Å². The predicted octanol–water partition coefficient (Wildman–Crippen LogP) is 1.54. The van der Waals surface area contributed by atoms with Crippen LogP contribution in [-0.4, -0.2) is 43.2 Å². The Morgan fingerprint density at radius 1 is 1.44 bits per heavy atom. The quantitative estimate of drug-likeness (QED) is 0.718. The van der Waals surface area contributed by atoms with E-state index in [1.165, 1.54) is 0 Å². The third kappa shape index (κ3) is 2.27. The lowest BCUT2D eigenvalue weighted by Gasteiger charge is -2.29. The van der Waals surface area contributed by atoms with E-state index >= 15 is 0 Å². The summed E-state index contributed by atoms with van der Waals surface area (Å²) in [5.41, 5.74) is -0.954. The molecule has 0 aromatic heterocycles. The van der Waals surface area contributed by atoms with Crippen LogP contribution in [0.2, 0.25) is 0 Å². The van der Waals surface area contributed by atoms with Gasteiger partial charge in [0.15, 0.2) is 11.3 Å². The molecule has 0 unspecified atom stereocenters. The number of nitrogens with zero attached hydrogens (tertiary/aromatic N) is 2. The largest absolute Gasteiger partial charge is 0.464 e. The summed E-state index contributed by atoms with van der Waals surface area (Å²) in [5, 5.41) is 8.08. The molecule has 6 nitrogen and oxygen atoms in total. The van der Waals surface area contributed by atoms with E-state index in [2.05, 4.69) is 10.2 Å². The number of carbonyl (C=O) groups excluding carboxylic acids is 1. The van der Waals surface area contributed by atoms with Gasteiger partial charge >= 0.3 is 5.97 Å². The maximum absolute atomic E-state index is 12.0. The van der Waals surface area contributed by atoms with Crippen molar-refractivity contribution >= 4 is 5.97 Å². The second-order valence-electron chi connectivity index (χ2n) is 5.27. The van der Waals surface area contributed by atoms with Crippen LogP contribution >= 0.6 is 0 Å². The molecular formula is C12H20N2O4. The zero-order valence-corrected chi connectivity index (χ0v) is 11.3. The third-order valence-corrected chi connectivity index (χ3v) is 3.45. The first-order valence-corrected chi connectivity index (χ1v) is 6.26. The van der Waals surface area contributed by atoms with E-state index in [9.17, 15) is 4.79 Å². The van der Waals surface area contributed by atoms with E-state index in [0.717, 1.165) is 0 Å². The monoisotopic (exact) mass is 256 g/mol. The Kier molecular flexibility index (Phi) is 3.42. The fourth-order valence-corrected chi connectivity index (χ4v) is 2.39. The van der Waals surface area contributed by atoms with Crippen LogP contribution in [0.5, 0.6) is 0 Å². The number of hydrogen-bond donors (Lipinski definition) is 0. The Labute approximate surface area is 107 Å². The summed E-state index contributed by atoms with van der Waals surface area (Å²) < 4.78 is 16.4. The third-order valence-electron chi connectivity index (χ3n) is 3.45. The van der Waals surface area contributed by atoms with Gasteiger partial charge in [0, 0.05) is 5.92 Å². The Balaban J connectivity index is 2.12. The zero-order valence-electron chi connectivity index (χ0n) is 11.3. The van der Waals surface area contributed by atoms with Gasteiger partial charge in [-0.1, -0.05) is 0 Å². The Bertz CT molecular complexity index is 369. The number of hydrogen-bond acceptors (Lipinski definition) is 6. The molecule has 0 aromatic carbocycles. The van der Waals surface area contributed by atoms with Gasteiger partial charge in [-0.2, -0.15) is 10.2 Å². The van der Waals surface area contributed by atoms with Crippen molar-refractivity contribution in [1.82, 2.24) is 0 Å². The molecule has 0 spiro atoms. The first kappa shape index (κ1) is 13.4. The number of ether oxygens (including phenoxy) is 3. The maximum atomic E-state index is 12.0. The molecule has 3 atom stereocenters. The Morgan fingerprint density at radius 2 is 2.17 bits per heavy atom. The lowest BCUT2D eigenvalue weighted by Crippen LogP contribution is -2.47. The van der Waals surface area contributed by atoms with Crippen molar-refractivity contribution in [2.45, 2.75) is 45.1 Å². The molecule has 1 saturated heterocycles. The second kappa shape index (κ2) is 4.59. The highest BCUT2D eigenvalue weighted by molar-refractivity contribution is 5.81. The van der Waals surface area contributed by atoms with Crippen LogP contribution in [0.25, 0.3) is 0 Å². The second-order valence-corrected chi connectivity index (χ2v) is 5.27. The summed E-state index contributed by atoms with van der Waals surface area (Å²) >= 11 is 0. The van der Waals surface area contributed by atoms with Crippen molar-refractivity contribution < 1.29 is 19.0 Å². The average Bonchev–Trinajstić information content (AvgIpc) is 2.83. The van der Waals surface area contributed by atoms with Gasteiger partial charge in [0.2, 0.25) is 0 Å². The van der Waals surface area contributed by atoms with E-state index in [-0.39, 0.29) is 18.0 Å². The van der Waals surface area contributed by atoms with Gasteiger partial charge < -0.3 is 14.2 Å². The van der Waals surface area contributed by atoms with Gasteiger partial charge in [0.05, 0.1) is 25.9 Å². The molecule has 0 aromatic rings. The van der Waals surface area contributed by atoms with Gasteiger partial charge in [-0.15, -0.1) is 0 Å². The highest BCUT2D eigenvalue weighted by Crippen LogP contribution is 2.38. The van der Waals surface area contributed by atoms with Crippen molar-refractivity contribution in [3.63, 3.8) is 0 Å². The van der Waals surface area contributed by atoms with E-state index in [0.29, 0.717) is 19.8 Å². The van der Waals surface area contributed by atoms with Crippen molar-refractivity contribution in [1.29, 1.82) is 0 Å². The van der Waals surface area contributed by atoms with Crippen LogP contribution in [0.4, 0.5) is 0 Å². The fraction of sp³-hybridized carbons (Fsp3) is 0.917. The summed E-state index contributed by atoms with van der Waals surface area (Å²) in [7, 11) is 0. The molecule has 2 aliphatic rings. The normalized spacial score (nSPS) is 38.0. The molecule has 0 N–H and O–H groups in total. The average molecular weight is 256 g/mol. The molecule has 1 fully saturated rings. The van der Waals surface area contributed by atoms with Crippen LogP contribution in [0.3, 0.4) is 0 Å². The standard InChI is InChI=1S/C12H20N2O4/c1-5-16-10(15)12(4)8(6-13-14-12)9-7-17-11(2,3)18-9/h8-9H,5-7H2,1-4H3/t8-,9+,12+/m1/s1. The summed E-state index contributed by atoms with van der Waals surface area (Å²) in [4.78, 5) is 12.0. The van der Waals surface area contributed by atoms with Crippen LogP contribution in [0.1, 0.15) is 27.7 Å². The molecule has 0 radical (unpaired) electrons. The lowest BCUT2D eigenvalue weighted by molar-refractivity contribution is -0.159. The zero-order chi connectivity index (χ0) is 13.4. The fourth-order valence-electron chi connectivity index (χ4n) is 2.39. The van der Waals surface area contributed by atoms with Gasteiger partial charge in [-0.25, -0.2) is 4.79 Å². The maximum Gasteiger partial charge on any atom is 0.336 e. The van der Waals surface area contributed by atoms with Gasteiger partial charge in [-0.05, 0) is 27.7 Å². The highest BCUT2D eigenvalue weighted by atomic mass is 16.7. The number of azo groups is 1. The highest BCUT2D eigenvalue weighted by Gasteiger charge is 2.53. The molecule has 0 amide bonds. The molecule has 0 bridgehead atoms. The van der Waals surface area contributed by atoms with Crippen molar-refractivity contribution in [3.8, 4) is 0 Å². The van der Waals surface area contributed by atoms with Crippen LogP contribution in [0.15, 0.2) is 10.2 Å². The summed E-state index contributed by atoms with van der Waals surface area (Å²) in [6.45, 7) is 8.51. The van der Waals surface area contributed by atoms with Gasteiger partial charge in [0.25, 0.3) is 0 Å². The van der Waals surface area contributed by atoms with E-state index in [1.54, 1.807) is 13.8 Å². The van der Waals surface area contributed by atoms with Crippen LogP contribution in [-0.2, 0) is 19.0 Å². The lowest BCUT2D eigenvalue weighted by atomic mass is 9.83. The summed E-state index contributed by atoms with van der Waals surface area (Å²) in [6, 6.07) is 0. The molecule has 2 rings (SSSR count). The van der Waals surface area contributed by atoms with E-state index in [4.69, 9.17) is 14.2 Å². The smallest absolute Gasteiger partial charge is 0.336 e. The Hall–Kier alpha value is -1.01.